The number of aryl methyl sites for hydroxylation is 1. The van der Waals surface area contributed by atoms with Crippen LogP contribution in [0, 0.1) is 6.92 Å². The molecule has 114 valence electrons. The summed E-state index contributed by atoms with van der Waals surface area (Å²) in [5, 5.41) is 21.1. The number of aliphatic hydroxyl groups excluding tert-OH is 1. The lowest BCUT2D eigenvalue weighted by molar-refractivity contribution is 0.0697. The molecule has 6 heteroatoms. The van der Waals surface area contributed by atoms with Crippen molar-refractivity contribution in [3.8, 4) is 0 Å². The number of urea groups is 1. The van der Waals surface area contributed by atoms with Crippen LogP contribution in [0.25, 0.3) is 0 Å². The van der Waals surface area contributed by atoms with E-state index in [1.807, 2.05) is 0 Å². The number of aromatic carboxylic acids is 1. The van der Waals surface area contributed by atoms with Crippen LogP contribution in [0.1, 0.15) is 35.2 Å². The molecule has 21 heavy (non-hydrogen) atoms. The average molecular weight is 292 g/mol. The van der Waals surface area contributed by atoms with Crippen LogP contribution in [0.2, 0.25) is 0 Å². The molecule has 0 radical (unpaired) electrons. The zero-order valence-electron chi connectivity index (χ0n) is 12.0. The Morgan fingerprint density at radius 1 is 1.38 bits per heavy atom. The fourth-order valence-electron chi connectivity index (χ4n) is 2.58. The number of nitrogens with one attached hydrogen (secondary N) is 1. The van der Waals surface area contributed by atoms with Gasteiger partial charge >= 0.3 is 12.0 Å². The number of hydrogen-bond acceptors (Lipinski definition) is 3. The van der Waals surface area contributed by atoms with Crippen molar-refractivity contribution in [1.82, 2.24) is 4.90 Å². The van der Waals surface area contributed by atoms with Gasteiger partial charge in [-0.1, -0.05) is 0 Å². The zero-order valence-corrected chi connectivity index (χ0v) is 12.0. The highest BCUT2D eigenvalue weighted by atomic mass is 16.4. The van der Waals surface area contributed by atoms with Crippen LogP contribution < -0.4 is 5.32 Å². The minimum atomic E-state index is -0.993. The van der Waals surface area contributed by atoms with Crippen molar-refractivity contribution in [2.24, 2.45) is 0 Å². The molecule has 0 saturated carbocycles. The van der Waals surface area contributed by atoms with Gasteiger partial charge in [0.25, 0.3) is 0 Å². The SMILES string of the molecule is Cc1cc(C(=O)O)ccc1NC(=O)N1CCCCC1CO. The highest BCUT2D eigenvalue weighted by molar-refractivity contribution is 5.92. The van der Waals surface area contributed by atoms with Crippen LogP contribution in [0.4, 0.5) is 10.5 Å². The van der Waals surface area contributed by atoms with E-state index in [0.717, 1.165) is 19.3 Å². The first-order chi connectivity index (χ1) is 10.0. The predicted octanol–water partition coefficient (Wildman–Crippen LogP) is 2.07. The number of carboxylic acids is 1. The van der Waals surface area contributed by atoms with Gasteiger partial charge in [0.2, 0.25) is 0 Å². The zero-order chi connectivity index (χ0) is 15.4. The van der Waals surface area contributed by atoms with Gasteiger partial charge in [0.15, 0.2) is 0 Å². The number of anilines is 1. The number of aliphatic hydroxyl groups is 1. The van der Waals surface area contributed by atoms with Gasteiger partial charge in [0, 0.05) is 12.2 Å². The first-order valence-corrected chi connectivity index (χ1v) is 7.05. The summed E-state index contributed by atoms with van der Waals surface area (Å²) in [4.78, 5) is 24.8. The van der Waals surface area contributed by atoms with Gasteiger partial charge in [-0.25, -0.2) is 9.59 Å². The van der Waals surface area contributed by atoms with E-state index < -0.39 is 5.97 Å². The van der Waals surface area contributed by atoms with E-state index >= 15 is 0 Å². The maximum absolute atomic E-state index is 12.3. The Hall–Kier alpha value is -2.08. The topological polar surface area (TPSA) is 89.9 Å². The molecule has 1 aromatic rings. The lowest BCUT2D eigenvalue weighted by Crippen LogP contribution is -2.47. The molecular formula is C15H20N2O4. The molecule has 0 aromatic heterocycles. The van der Waals surface area contributed by atoms with Gasteiger partial charge in [-0.3, -0.25) is 0 Å². The minimum Gasteiger partial charge on any atom is -0.478 e. The number of piperidine rings is 1. The van der Waals surface area contributed by atoms with Crippen molar-refractivity contribution in [2.75, 3.05) is 18.5 Å². The summed E-state index contributed by atoms with van der Waals surface area (Å²) in [5.74, 6) is -0.993. The second-order valence-electron chi connectivity index (χ2n) is 5.29. The van der Waals surface area contributed by atoms with Crippen LogP contribution in [0.5, 0.6) is 0 Å². The molecule has 3 N–H and O–H groups in total. The molecule has 2 rings (SSSR count). The Kier molecular flexibility index (Phi) is 4.80. The number of benzene rings is 1. The van der Waals surface area contributed by atoms with E-state index in [-0.39, 0.29) is 24.2 Å². The smallest absolute Gasteiger partial charge is 0.335 e. The number of likely N-dealkylation sites (tertiary alicyclic amines) is 1. The molecule has 0 aliphatic carbocycles. The molecule has 6 nitrogen and oxygen atoms in total. The Labute approximate surface area is 123 Å². The second kappa shape index (κ2) is 6.58. The fraction of sp³-hybridized carbons (Fsp3) is 0.467. The Morgan fingerprint density at radius 3 is 2.76 bits per heavy atom. The van der Waals surface area contributed by atoms with Gasteiger partial charge in [0.05, 0.1) is 18.2 Å². The van der Waals surface area contributed by atoms with Gasteiger partial charge in [-0.05, 0) is 49.9 Å². The van der Waals surface area contributed by atoms with E-state index in [9.17, 15) is 14.7 Å². The molecule has 1 saturated heterocycles. The summed E-state index contributed by atoms with van der Waals surface area (Å²) in [5.41, 5.74) is 1.48. The lowest BCUT2D eigenvalue weighted by Gasteiger charge is -2.34. The molecule has 0 bridgehead atoms. The number of rotatable bonds is 3. The quantitative estimate of drug-likeness (QED) is 0.795. The highest BCUT2D eigenvalue weighted by Crippen LogP contribution is 2.21. The summed E-state index contributed by atoms with van der Waals surface area (Å²) in [6.07, 6.45) is 2.75. The van der Waals surface area contributed by atoms with Crippen LogP contribution in [0.15, 0.2) is 18.2 Å². The number of carbonyl (C=O) groups is 2. The van der Waals surface area contributed by atoms with Gasteiger partial charge < -0.3 is 20.4 Å². The molecule has 1 atom stereocenters. The summed E-state index contributed by atoms with van der Waals surface area (Å²) in [6, 6.07) is 4.19. The molecule has 0 spiro atoms. The normalized spacial score (nSPS) is 18.4. The van der Waals surface area contributed by atoms with Crippen molar-refractivity contribution < 1.29 is 19.8 Å². The average Bonchev–Trinajstić information content (AvgIpc) is 2.48. The third-order valence-corrected chi connectivity index (χ3v) is 3.81. The predicted molar refractivity (Wildman–Crippen MR) is 78.6 cm³/mol. The van der Waals surface area contributed by atoms with Crippen LogP contribution in [0.3, 0.4) is 0 Å². The fourth-order valence-corrected chi connectivity index (χ4v) is 2.58. The van der Waals surface area contributed by atoms with Crippen LogP contribution in [-0.2, 0) is 0 Å². The summed E-state index contributed by atoms with van der Waals surface area (Å²) >= 11 is 0. The minimum absolute atomic E-state index is 0.0373. The molecule has 1 fully saturated rings. The molecule has 1 aromatic carbocycles. The number of hydrogen-bond donors (Lipinski definition) is 3. The van der Waals surface area contributed by atoms with Gasteiger partial charge in [-0.2, -0.15) is 0 Å². The lowest BCUT2D eigenvalue weighted by atomic mass is 10.0. The number of carbonyl (C=O) groups excluding carboxylic acids is 1. The van der Waals surface area contributed by atoms with Crippen LogP contribution in [-0.4, -0.2) is 46.3 Å². The van der Waals surface area contributed by atoms with Crippen LogP contribution >= 0.6 is 0 Å². The largest absolute Gasteiger partial charge is 0.478 e. The Morgan fingerprint density at radius 2 is 2.14 bits per heavy atom. The third-order valence-electron chi connectivity index (χ3n) is 3.81. The van der Waals surface area contributed by atoms with E-state index in [0.29, 0.717) is 17.8 Å². The van der Waals surface area contributed by atoms with E-state index in [4.69, 9.17) is 5.11 Å². The first-order valence-electron chi connectivity index (χ1n) is 7.05. The summed E-state index contributed by atoms with van der Waals surface area (Å²) in [6.45, 7) is 2.34. The van der Waals surface area contributed by atoms with Crippen molar-refractivity contribution in [1.29, 1.82) is 0 Å². The number of amides is 2. The highest BCUT2D eigenvalue weighted by Gasteiger charge is 2.26. The summed E-state index contributed by atoms with van der Waals surface area (Å²) < 4.78 is 0. The van der Waals surface area contributed by atoms with Gasteiger partial charge in [0.1, 0.15) is 0 Å². The maximum Gasteiger partial charge on any atom is 0.335 e. The molecule has 1 unspecified atom stereocenters. The van der Waals surface area contributed by atoms with E-state index in [2.05, 4.69) is 5.32 Å². The Bertz CT molecular complexity index is 544. The molecule has 2 amide bonds. The van der Waals surface area contributed by atoms with E-state index in [1.54, 1.807) is 17.9 Å². The third kappa shape index (κ3) is 3.52. The van der Waals surface area contributed by atoms with E-state index in [1.165, 1.54) is 12.1 Å². The molecule has 1 heterocycles. The van der Waals surface area contributed by atoms with Crippen molar-refractivity contribution in [2.45, 2.75) is 32.2 Å². The van der Waals surface area contributed by atoms with Gasteiger partial charge in [-0.15, -0.1) is 0 Å². The summed E-state index contributed by atoms with van der Waals surface area (Å²) in [7, 11) is 0. The standard InChI is InChI=1S/C15H20N2O4/c1-10-8-11(14(19)20)5-6-13(10)16-15(21)17-7-3-2-4-12(17)9-18/h5-6,8,12,18H,2-4,7,9H2,1H3,(H,16,21)(H,19,20). The second-order valence-corrected chi connectivity index (χ2v) is 5.29. The number of carboxylic acid groups (broad SMARTS) is 1. The Balaban J connectivity index is 2.10. The molecule has 1 aliphatic rings. The van der Waals surface area contributed by atoms with Crippen molar-refractivity contribution in [3.63, 3.8) is 0 Å². The van der Waals surface area contributed by atoms with Crippen molar-refractivity contribution in [3.05, 3.63) is 29.3 Å². The maximum atomic E-state index is 12.3. The molecular weight excluding hydrogens is 272 g/mol. The molecule has 1 aliphatic heterocycles. The van der Waals surface area contributed by atoms with Crippen molar-refractivity contribution >= 4 is 17.7 Å². The first kappa shape index (κ1) is 15.3. The monoisotopic (exact) mass is 292 g/mol. The number of nitrogens with zero attached hydrogens (tertiary/aromatic N) is 1.